The van der Waals surface area contributed by atoms with E-state index in [-0.39, 0.29) is 37.4 Å². The molecule has 264 valence electrons. The SMILES string of the molecule is C=CCN(C(=O)[C@H]1[C@H]2C(=O)N(CCCCCCO)C(C(=O)N(CC=C)c3c(C)cccc3Cl)C23CC[C@]1(CC)O3)c1ccc(OCC)cc1. The molecule has 0 aromatic heterocycles. The van der Waals surface area contributed by atoms with E-state index < -0.39 is 29.1 Å². The van der Waals surface area contributed by atoms with Crippen LogP contribution in [-0.2, 0) is 19.1 Å². The number of likely N-dealkylation sites (tertiary alicyclic amines) is 1. The number of aliphatic hydroxyl groups is 1. The van der Waals surface area contributed by atoms with Gasteiger partial charge in [0.2, 0.25) is 11.8 Å². The number of fused-ring (bicyclic) bond motifs is 1. The number of nitrogens with zero attached hydrogens (tertiary/aromatic N) is 3. The average molecular weight is 692 g/mol. The lowest BCUT2D eigenvalue weighted by Gasteiger charge is -2.37. The van der Waals surface area contributed by atoms with Crippen LogP contribution in [0.5, 0.6) is 5.75 Å². The van der Waals surface area contributed by atoms with Crippen molar-refractivity contribution >= 4 is 40.7 Å². The molecule has 0 aliphatic carbocycles. The highest BCUT2D eigenvalue weighted by atomic mass is 35.5. The van der Waals surface area contributed by atoms with Crippen molar-refractivity contribution in [3.05, 3.63) is 78.4 Å². The third kappa shape index (κ3) is 6.53. The molecule has 10 heteroatoms. The Morgan fingerprint density at radius 2 is 1.71 bits per heavy atom. The standard InChI is InChI=1S/C39H50ClN3O6/c1-6-23-41(28-17-19-29(20-18-28)48-9-4)35(45)31-32-36(46)43(25-12-10-11-13-26-44)34(39(32)22-21-38(31,8-3)49-39)37(47)42(24-7-2)33-27(5)15-14-16-30(33)40/h6-7,14-20,31-32,34,44H,1-2,8-13,21-26H2,3-5H3/t31-,32+,34?,38+,39?/m1/s1. The van der Waals surface area contributed by atoms with E-state index in [1.807, 2.05) is 57.2 Å². The Kier molecular flexibility index (Phi) is 11.6. The maximum atomic E-state index is 15.1. The van der Waals surface area contributed by atoms with Crippen molar-refractivity contribution in [2.75, 3.05) is 42.6 Å². The van der Waals surface area contributed by atoms with Gasteiger partial charge in [0.25, 0.3) is 5.91 Å². The first-order valence-electron chi connectivity index (χ1n) is 17.6. The quantitative estimate of drug-likeness (QED) is 0.150. The van der Waals surface area contributed by atoms with Crippen LogP contribution in [0.25, 0.3) is 0 Å². The van der Waals surface area contributed by atoms with Gasteiger partial charge in [-0.25, -0.2) is 0 Å². The molecule has 2 aromatic carbocycles. The molecule has 2 unspecified atom stereocenters. The third-order valence-electron chi connectivity index (χ3n) is 10.6. The Balaban J connectivity index is 1.59. The van der Waals surface area contributed by atoms with Crippen molar-refractivity contribution in [3.8, 4) is 5.75 Å². The summed E-state index contributed by atoms with van der Waals surface area (Å²) in [7, 11) is 0. The fourth-order valence-electron chi connectivity index (χ4n) is 8.40. The number of ether oxygens (including phenoxy) is 2. The second-order valence-corrected chi connectivity index (χ2v) is 13.7. The minimum Gasteiger partial charge on any atom is -0.494 e. The average Bonchev–Trinajstić information content (AvgIpc) is 3.70. The van der Waals surface area contributed by atoms with E-state index in [2.05, 4.69) is 13.2 Å². The lowest BCUT2D eigenvalue weighted by molar-refractivity contribution is -0.146. The molecular formula is C39H50ClN3O6. The maximum Gasteiger partial charge on any atom is 0.253 e. The highest BCUT2D eigenvalue weighted by molar-refractivity contribution is 6.34. The summed E-state index contributed by atoms with van der Waals surface area (Å²) < 4.78 is 12.7. The van der Waals surface area contributed by atoms with Gasteiger partial charge in [-0.1, -0.05) is 55.7 Å². The lowest BCUT2D eigenvalue weighted by Crippen LogP contribution is -2.57. The lowest BCUT2D eigenvalue weighted by atomic mass is 9.64. The van der Waals surface area contributed by atoms with Gasteiger partial charge < -0.3 is 29.3 Å². The number of benzene rings is 2. The predicted octanol–water partition coefficient (Wildman–Crippen LogP) is 6.49. The Hall–Kier alpha value is -3.66. The van der Waals surface area contributed by atoms with Gasteiger partial charge in [0.1, 0.15) is 17.4 Å². The summed E-state index contributed by atoms with van der Waals surface area (Å²) >= 11 is 6.73. The fourth-order valence-corrected chi connectivity index (χ4v) is 8.73. The van der Waals surface area contributed by atoms with Crippen LogP contribution in [0.3, 0.4) is 0 Å². The van der Waals surface area contributed by atoms with Crippen LogP contribution >= 0.6 is 11.6 Å². The largest absolute Gasteiger partial charge is 0.494 e. The minimum atomic E-state index is -1.19. The summed E-state index contributed by atoms with van der Waals surface area (Å²) in [6.45, 7) is 15.0. The summed E-state index contributed by atoms with van der Waals surface area (Å²) in [4.78, 5) is 49.8. The number of carbonyl (C=O) groups is 3. The van der Waals surface area contributed by atoms with Crippen LogP contribution in [0, 0.1) is 18.8 Å². The molecule has 2 aromatic rings. The molecule has 3 aliphatic rings. The van der Waals surface area contributed by atoms with Crippen molar-refractivity contribution in [1.82, 2.24) is 4.90 Å². The zero-order valence-electron chi connectivity index (χ0n) is 29.0. The highest BCUT2D eigenvalue weighted by Crippen LogP contribution is 2.65. The number of para-hydroxylation sites is 1. The number of anilines is 2. The number of aliphatic hydroxyl groups excluding tert-OH is 1. The first kappa shape index (κ1) is 36.6. The van der Waals surface area contributed by atoms with Gasteiger partial charge >= 0.3 is 0 Å². The van der Waals surface area contributed by atoms with Gasteiger partial charge in [-0.2, -0.15) is 0 Å². The van der Waals surface area contributed by atoms with Crippen LogP contribution < -0.4 is 14.5 Å². The van der Waals surface area contributed by atoms with Gasteiger partial charge in [0, 0.05) is 31.9 Å². The molecule has 3 saturated heterocycles. The second-order valence-electron chi connectivity index (χ2n) is 13.3. The molecule has 9 nitrogen and oxygen atoms in total. The fraction of sp³-hybridized carbons (Fsp3) is 0.513. The monoisotopic (exact) mass is 691 g/mol. The molecule has 3 aliphatic heterocycles. The molecule has 3 amide bonds. The Bertz CT molecular complexity index is 1530. The van der Waals surface area contributed by atoms with Gasteiger partial charge in [0.05, 0.1) is 34.8 Å². The van der Waals surface area contributed by atoms with E-state index in [0.717, 1.165) is 18.4 Å². The van der Waals surface area contributed by atoms with Crippen LogP contribution in [0.2, 0.25) is 5.02 Å². The minimum absolute atomic E-state index is 0.106. The molecule has 1 spiro atoms. The number of amides is 3. The number of carbonyl (C=O) groups excluding carboxylic acids is 3. The van der Waals surface area contributed by atoms with Gasteiger partial charge in [-0.15, -0.1) is 13.2 Å². The molecule has 2 bridgehead atoms. The Morgan fingerprint density at radius 1 is 1.02 bits per heavy atom. The summed E-state index contributed by atoms with van der Waals surface area (Å²) in [6.07, 6.45) is 7.80. The number of aryl methyl sites for hydroxylation is 1. The summed E-state index contributed by atoms with van der Waals surface area (Å²) in [5.74, 6) is -1.68. The van der Waals surface area contributed by atoms with Crippen molar-refractivity contribution in [1.29, 1.82) is 0 Å². The van der Waals surface area contributed by atoms with E-state index in [1.54, 1.807) is 32.9 Å². The highest BCUT2D eigenvalue weighted by Gasteiger charge is 2.79. The zero-order valence-corrected chi connectivity index (χ0v) is 29.8. The number of unbranched alkanes of at least 4 members (excludes halogenated alkanes) is 3. The molecule has 1 N–H and O–H groups in total. The van der Waals surface area contributed by atoms with Gasteiger partial charge in [-0.3, -0.25) is 14.4 Å². The van der Waals surface area contributed by atoms with Crippen molar-refractivity contribution in [2.45, 2.75) is 83.0 Å². The first-order chi connectivity index (χ1) is 23.6. The number of hydrogen-bond donors (Lipinski definition) is 1. The Labute approximate surface area is 295 Å². The van der Waals surface area contributed by atoms with E-state index in [1.165, 1.54) is 0 Å². The zero-order chi connectivity index (χ0) is 35.3. The summed E-state index contributed by atoms with van der Waals surface area (Å²) in [5.41, 5.74) is -0.0362. The molecule has 5 atom stereocenters. The predicted molar refractivity (Wildman–Crippen MR) is 193 cm³/mol. The van der Waals surface area contributed by atoms with Crippen LogP contribution in [0.1, 0.15) is 64.4 Å². The molecule has 3 fully saturated rings. The number of halogens is 1. The number of rotatable bonds is 17. The molecule has 5 rings (SSSR count). The topological polar surface area (TPSA) is 99.6 Å². The van der Waals surface area contributed by atoms with Crippen molar-refractivity contribution < 1.29 is 29.0 Å². The van der Waals surface area contributed by atoms with Crippen molar-refractivity contribution in [3.63, 3.8) is 0 Å². The van der Waals surface area contributed by atoms with Crippen LogP contribution in [0.15, 0.2) is 67.8 Å². The molecular weight excluding hydrogens is 642 g/mol. The third-order valence-corrected chi connectivity index (χ3v) is 10.9. The first-order valence-corrected chi connectivity index (χ1v) is 18.0. The normalized spacial score (nSPS) is 25.3. The molecule has 0 radical (unpaired) electrons. The van der Waals surface area contributed by atoms with Crippen molar-refractivity contribution in [2.24, 2.45) is 11.8 Å². The van der Waals surface area contributed by atoms with Crippen LogP contribution in [-0.4, -0.2) is 77.8 Å². The molecule has 3 heterocycles. The number of hydrogen-bond acceptors (Lipinski definition) is 6. The second kappa shape index (κ2) is 15.5. The summed E-state index contributed by atoms with van der Waals surface area (Å²) in [6, 6.07) is 11.9. The van der Waals surface area contributed by atoms with E-state index in [9.17, 15) is 14.7 Å². The molecule has 0 saturated carbocycles. The van der Waals surface area contributed by atoms with E-state index in [4.69, 9.17) is 21.1 Å². The molecule has 49 heavy (non-hydrogen) atoms. The maximum absolute atomic E-state index is 15.1. The summed E-state index contributed by atoms with van der Waals surface area (Å²) in [5, 5.41) is 9.74. The smallest absolute Gasteiger partial charge is 0.253 e. The van der Waals surface area contributed by atoms with Gasteiger partial charge in [-0.05, 0) is 81.8 Å². The van der Waals surface area contributed by atoms with Crippen LogP contribution in [0.4, 0.5) is 11.4 Å². The van der Waals surface area contributed by atoms with E-state index >= 15 is 4.79 Å². The van der Waals surface area contributed by atoms with Gasteiger partial charge in [0.15, 0.2) is 0 Å². The van der Waals surface area contributed by atoms with E-state index in [0.29, 0.717) is 67.4 Å². The Morgan fingerprint density at radius 3 is 2.35 bits per heavy atom.